The van der Waals surface area contributed by atoms with Gasteiger partial charge in [0, 0.05) is 31.4 Å². The molecule has 1 amide bonds. The Kier molecular flexibility index (Phi) is 5.98. The lowest BCUT2D eigenvalue weighted by Gasteiger charge is -2.24. The smallest absolute Gasteiger partial charge is 0.268 e. The summed E-state index contributed by atoms with van der Waals surface area (Å²) < 4.78 is 31.7. The van der Waals surface area contributed by atoms with Crippen LogP contribution in [0.25, 0.3) is 0 Å². The van der Waals surface area contributed by atoms with E-state index in [1.165, 1.54) is 18.4 Å². The number of nitrogens with zero attached hydrogens (tertiary/aromatic N) is 2. The summed E-state index contributed by atoms with van der Waals surface area (Å²) >= 11 is 5.89. The molecule has 28 heavy (non-hydrogen) atoms. The predicted octanol–water partition coefficient (Wildman–Crippen LogP) is 3.34. The molecule has 1 aliphatic heterocycles. The van der Waals surface area contributed by atoms with E-state index in [1.807, 2.05) is 6.92 Å². The zero-order valence-electron chi connectivity index (χ0n) is 16.1. The highest BCUT2D eigenvalue weighted by molar-refractivity contribution is 7.89. The number of fused-ring (bicyclic) bond motifs is 1. The molecule has 0 saturated carbocycles. The zero-order valence-corrected chi connectivity index (χ0v) is 17.6. The molecule has 0 spiro atoms. The Balaban J connectivity index is 1.82. The fourth-order valence-corrected chi connectivity index (χ4v) is 4.22. The van der Waals surface area contributed by atoms with Gasteiger partial charge >= 0.3 is 0 Å². The molecular formula is C20H23ClN2O4S. The van der Waals surface area contributed by atoms with Crippen molar-refractivity contribution >= 4 is 33.2 Å². The van der Waals surface area contributed by atoms with E-state index in [-0.39, 0.29) is 10.8 Å². The second-order valence-electron chi connectivity index (χ2n) is 6.79. The summed E-state index contributed by atoms with van der Waals surface area (Å²) in [5, 5.41) is 0.601. The predicted molar refractivity (Wildman–Crippen MR) is 110 cm³/mol. The summed E-state index contributed by atoms with van der Waals surface area (Å²) in [4.78, 5) is 15.0. The van der Waals surface area contributed by atoms with Gasteiger partial charge in [-0.3, -0.25) is 4.79 Å². The summed E-state index contributed by atoms with van der Waals surface area (Å²) in [7, 11) is -0.510. The molecule has 1 heterocycles. The van der Waals surface area contributed by atoms with Crippen molar-refractivity contribution in [3.63, 3.8) is 0 Å². The summed E-state index contributed by atoms with van der Waals surface area (Å²) in [5.74, 6) is 0.441. The highest BCUT2D eigenvalue weighted by Crippen LogP contribution is 2.32. The monoisotopic (exact) mass is 422 g/mol. The fourth-order valence-electron chi connectivity index (χ4n) is 3.14. The molecule has 150 valence electrons. The van der Waals surface area contributed by atoms with Gasteiger partial charge in [0.15, 0.2) is 6.10 Å². The molecular weight excluding hydrogens is 400 g/mol. The number of sulfonamides is 1. The summed E-state index contributed by atoms with van der Waals surface area (Å²) in [6.07, 6.45) is 0.493. The van der Waals surface area contributed by atoms with Gasteiger partial charge in [-0.15, -0.1) is 0 Å². The van der Waals surface area contributed by atoms with Crippen molar-refractivity contribution in [3.8, 4) is 5.75 Å². The van der Waals surface area contributed by atoms with Gasteiger partial charge in [0.2, 0.25) is 10.0 Å². The minimum atomic E-state index is -3.51. The molecule has 0 unspecified atom stereocenters. The molecule has 6 nitrogen and oxygen atoms in total. The molecule has 1 atom stereocenters. The molecule has 0 aliphatic carbocycles. The Labute approximate surface area is 170 Å². The number of benzene rings is 2. The summed E-state index contributed by atoms with van der Waals surface area (Å²) in [5.41, 5.74) is 1.58. The first-order chi connectivity index (χ1) is 13.2. The maximum absolute atomic E-state index is 13.0. The van der Waals surface area contributed by atoms with Crippen molar-refractivity contribution in [2.45, 2.75) is 30.8 Å². The lowest BCUT2D eigenvalue weighted by Crippen LogP contribution is -2.41. The van der Waals surface area contributed by atoms with Gasteiger partial charge in [0.05, 0.1) is 4.90 Å². The molecule has 0 radical (unpaired) electrons. The largest absolute Gasteiger partial charge is 0.481 e. The average Bonchev–Trinajstić information content (AvgIpc) is 3.10. The van der Waals surface area contributed by atoms with Crippen molar-refractivity contribution < 1.29 is 17.9 Å². The van der Waals surface area contributed by atoms with Crippen molar-refractivity contribution in [1.82, 2.24) is 4.31 Å². The van der Waals surface area contributed by atoms with Crippen LogP contribution in [0.1, 0.15) is 18.9 Å². The van der Waals surface area contributed by atoms with Crippen LogP contribution in [0.3, 0.4) is 0 Å². The Morgan fingerprint density at radius 1 is 1.21 bits per heavy atom. The van der Waals surface area contributed by atoms with Crippen molar-refractivity contribution in [2.24, 2.45) is 0 Å². The molecule has 0 aromatic heterocycles. The topological polar surface area (TPSA) is 66.9 Å². The number of amides is 1. The highest BCUT2D eigenvalue weighted by atomic mass is 35.5. The van der Waals surface area contributed by atoms with Gasteiger partial charge in [-0.2, -0.15) is 0 Å². The van der Waals surface area contributed by atoms with Crippen molar-refractivity contribution in [3.05, 3.63) is 53.1 Å². The number of rotatable bonds is 6. The third kappa shape index (κ3) is 4.01. The Bertz CT molecular complexity index is 974. The van der Waals surface area contributed by atoms with Crippen LogP contribution < -0.4 is 9.64 Å². The third-order valence-corrected chi connectivity index (χ3v) is 6.79. The lowest BCUT2D eigenvalue weighted by molar-refractivity contribution is -0.125. The highest BCUT2D eigenvalue weighted by Gasteiger charge is 2.31. The van der Waals surface area contributed by atoms with Gasteiger partial charge in [-0.1, -0.05) is 18.5 Å². The molecule has 1 aliphatic rings. The number of halogens is 1. The van der Waals surface area contributed by atoms with E-state index < -0.39 is 16.1 Å². The average molecular weight is 423 g/mol. The zero-order chi connectivity index (χ0) is 20.5. The molecule has 0 bridgehead atoms. The van der Waals surface area contributed by atoms with Gasteiger partial charge in [-0.25, -0.2) is 12.7 Å². The van der Waals surface area contributed by atoms with E-state index in [0.717, 1.165) is 11.3 Å². The summed E-state index contributed by atoms with van der Waals surface area (Å²) in [6, 6.07) is 11.8. The molecule has 2 aromatic carbocycles. The van der Waals surface area contributed by atoms with Crippen molar-refractivity contribution in [2.75, 3.05) is 25.5 Å². The van der Waals surface area contributed by atoms with Crippen LogP contribution in [0.5, 0.6) is 5.75 Å². The number of carbonyl (C=O) groups excluding carboxylic acids is 1. The number of ether oxygens (including phenoxy) is 1. The van der Waals surface area contributed by atoms with Crippen LogP contribution >= 0.6 is 11.6 Å². The standard InChI is InChI=1S/C20H23ClN2O4S/c1-4-19(27-16-7-5-15(21)6-8-16)20(24)23-12-11-14-13-17(9-10-18(14)23)28(25,26)22(2)3/h5-10,13,19H,4,11-12H2,1-3H3/t19-/m1/s1. The van der Waals surface area contributed by atoms with E-state index in [9.17, 15) is 13.2 Å². The maximum atomic E-state index is 13.0. The Morgan fingerprint density at radius 2 is 1.89 bits per heavy atom. The van der Waals surface area contributed by atoms with Gasteiger partial charge in [0.25, 0.3) is 5.91 Å². The van der Waals surface area contributed by atoms with E-state index in [1.54, 1.807) is 47.4 Å². The molecule has 0 fully saturated rings. The van der Waals surface area contributed by atoms with Gasteiger partial charge in [0.1, 0.15) is 5.75 Å². The van der Waals surface area contributed by atoms with E-state index >= 15 is 0 Å². The lowest BCUT2D eigenvalue weighted by atomic mass is 10.1. The first-order valence-corrected chi connectivity index (χ1v) is 10.8. The third-order valence-electron chi connectivity index (χ3n) is 4.73. The number of anilines is 1. The van der Waals surface area contributed by atoms with E-state index in [4.69, 9.17) is 16.3 Å². The van der Waals surface area contributed by atoms with E-state index in [2.05, 4.69) is 0 Å². The minimum absolute atomic E-state index is 0.139. The van der Waals surface area contributed by atoms with E-state index in [0.29, 0.717) is 30.2 Å². The SMILES string of the molecule is CC[C@@H](Oc1ccc(Cl)cc1)C(=O)N1CCc2cc(S(=O)(=O)N(C)C)ccc21. The number of carbonyl (C=O) groups is 1. The first kappa shape index (κ1) is 20.6. The number of hydrogen-bond acceptors (Lipinski definition) is 4. The van der Waals surface area contributed by atoms with Crippen LogP contribution in [0.15, 0.2) is 47.4 Å². The quantitative estimate of drug-likeness (QED) is 0.716. The van der Waals surface area contributed by atoms with Crippen LogP contribution in [0, 0.1) is 0 Å². The molecule has 0 N–H and O–H groups in total. The second kappa shape index (κ2) is 8.11. The fraction of sp³-hybridized carbons (Fsp3) is 0.350. The van der Waals surface area contributed by atoms with Gasteiger partial charge in [-0.05, 0) is 60.9 Å². The maximum Gasteiger partial charge on any atom is 0.268 e. The van der Waals surface area contributed by atoms with Gasteiger partial charge < -0.3 is 9.64 Å². The first-order valence-electron chi connectivity index (χ1n) is 9.03. The summed E-state index contributed by atoms with van der Waals surface area (Å²) in [6.45, 7) is 2.39. The molecule has 2 aromatic rings. The molecule has 0 saturated heterocycles. The normalized spacial score (nSPS) is 14.8. The molecule has 8 heteroatoms. The van der Waals surface area contributed by atoms with Crippen LogP contribution in [0.2, 0.25) is 5.02 Å². The van der Waals surface area contributed by atoms with Crippen molar-refractivity contribution in [1.29, 1.82) is 0 Å². The van der Waals surface area contributed by atoms with Crippen LogP contribution in [-0.2, 0) is 21.2 Å². The minimum Gasteiger partial charge on any atom is -0.481 e. The Hall–Kier alpha value is -2.09. The van der Waals surface area contributed by atoms with Crippen LogP contribution in [0.4, 0.5) is 5.69 Å². The Morgan fingerprint density at radius 3 is 2.50 bits per heavy atom. The number of hydrogen-bond donors (Lipinski definition) is 0. The van der Waals surface area contributed by atoms with Crippen LogP contribution in [-0.4, -0.2) is 45.4 Å². The second-order valence-corrected chi connectivity index (χ2v) is 9.37. The molecule has 3 rings (SSSR count).